The van der Waals surface area contributed by atoms with Crippen molar-refractivity contribution in [3.8, 4) is 0 Å². The number of likely N-dealkylation sites (N-methyl/N-ethyl adjacent to an activating group) is 1. The molecule has 0 amide bonds. The number of aliphatic carboxylic acids is 1. The highest BCUT2D eigenvalue weighted by molar-refractivity contribution is 5.79. The van der Waals surface area contributed by atoms with Gasteiger partial charge in [-0.2, -0.15) is 0 Å². The van der Waals surface area contributed by atoms with Crippen LogP contribution in [0.2, 0.25) is 0 Å². The number of hydrogen-bond acceptors (Lipinski definition) is 4. The first-order valence-corrected chi connectivity index (χ1v) is 7.95. The third kappa shape index (κ3) is 3.15. The number of carboxylic acids is 1. The molecule has 2 aliphatic rings. The van der Waals surface area contributed by atoms with Gasteiger partial charge in [0.2, 0.25) is 0 Å². The Bertz CT molecular complexity index is 340. The fraction of sp³-hybridized carbons (Fsp3) is 0.933. The van der Waals surface area contributed by atoms with Crippen molar-refractivity contribution in [2.45, 2.75) is 57.7 Å². The van der Waals surface area contributed by atoms with Crippen LogP contribution in [0, 0.1) is 0 Å². The SMILES string of the molecule is CCNC1(C(=O)O)CCC(N2CCN(C(C)C)CC2)C1. The van der Waals surface area contributed by atoms with Gasteiger partial charge in [0.25, 0.3) is 0 Å². The van der Waals surface area contributed by atoms with E-state index in [2.05, 4.69) is 29.0 Å². The quantitative estimate of drug-likeness (QED) is 0.788. The number of carbonyl (C=O) groups is 1. The van der Waals surface area contributed by atoms with E-state index in [1.54, 1.807) is 0 Å². The molecule has 0 bridgehead atoms. The number of nitrogens with zero attached hydrogens (tertiary/aromatic N) is 2. The molecule has 1 saturated heterocycles. The first-order chi connectivity index (χ1) is 9.48. The summed E-state index contributed by atoms with van der Waals surface area (Å²) >= 11 is 0. The van der Waals surface area contributed by atoms with Crippen LogP contribution in [-0.2, 0) is 4.79 Å². The van der Waals surface area contributed by atoms with E-state index in [1.165, 1.54) is 0 Å². The Kier molecular flexibility index (Phi) is 5.04. The van der Waals surface area contributed by atoms with Crippen LogP contribution >= 0.6 is 0 Å². The van der Waals surface area contributed by atoms with Gasteiger partial charge in [0.15, 0.2) is 0 Å². The van der Waals surface area contributed by atoms with E-state index in [0.29, 0.717) is 12.1 Å². The maximum absolute atomic E-state index is 11.6. The molecule has 20 heavy (non-hydrogen) atoms. The Morgan fingerprint density at radius 3 is 2.50 bits per heavy atom. The third-order valence-electron chi connectivity index (χ3n) is 5.01. The van der Waals surface area contributed by atoms with E-state index in [9.17, 15) is 9.90 Å². The summed E-state index contributed by atoms with van der Waals surface area (Å²) in [5.74, 6) is -0.678. The second-order valence-corrected chi connectivity index (χ2v) is 6.48. The summed E-state index contributed by atoms with van der Waals surface area (Å²) in [6.45, 7) is 11.6. The minimum Gasteiger partial charge on any atom is -0.480 e. The van der Waals surface area contributed by atoms with E-state index in [4.69, 9.17) is 0 Å². The minimum absolute atomic E-state index is 0.430. The molecule has 2 atom stereocenters. The number of nitrogens with one attached hydrogen (secondary N) is 1. The lowest BCUT2D eigenvalue weighted by Gasteiger charge is -2.40. The fourth-order valence-corrected chi connectivity index (χ4v) is 3.72. The first-order valence-electron chi connectivity index (χ1n) is 7.95. The summed E-state index contributed by atoms with van der Waals surface area (Å²) in [7, 11) is 0. The molecule has 0 aromatic carbocycles. The van der Waals surface area contributed by atoms with Crippen LogP contribution in [0.15, 0.2) is 0 Å². The molecule has 1 aliphatic heterocycles. The summed E-state index contributed by atoms with van der Waals surface area (Å²) < 4.78 is 0. The molecule has 1 aliphatic carbocycles. The van der Waals surface area contributed by atoms with Crippen molar-refractivity contribution in [1.29, 1.82) is 0 Å². The van der Waals surface area contributed by atoms with E-state index in [-0.39, 0.29) is 0 Å². The molecular formula is C15H29N3O2. The fourth-order valence-electron chi connectivity index (χ4n) is 3.72. The number of carboxylic acid groups (broad SMARTS) is 1. The summed E-state index contributed by atoms with van der Waals surface area (Å²) in [6.07, 6.45) is 2.50. The highest BCUT2D eigenvalue weighted by atomic mass is 16.4. The number of rotatable bonds is 5. The van der Waals surface area contributed by atoms with Crippen molar-refractivity contribution in [3.05, 3.63) is 0 Å². The van der Waals surface area contributed by atoms with Crippen LogP contribution in [0.25, 0.3) is 0 Å². The van der Waals surface area contributed by atoms with Crippen LogP contribution in [-0.4, -0.2) is 71.2 Å². The minimum atomic E-state index is -0.686. The van der Waals surface area contributed by atoms with Gasteiger partial charge in [-0.05, 0) is 39.7 Å². The zero-order chi connectivity index (χ0) is 14.8. The zero-order valence-electron chi connectivity index (χ0n) is 13.1. The van der Waals surface area contributed by atoms with Crippen LogP contribution in [0.4, 0.5) is 0 Å². The Hall–Kier alpha value is -0.650. The van der Waals surface area contributed by atoms with Gasteiger partial charge in [-0.1, -0.05) is 6.92 Å². The molecule has 0 radical (unpaired) electrons. The summed E-state index contributed by atoms with van der Waals surface area (Å²) in [6, 6.07) is 1.04. The molecule has 0 aromatic heterocycles. The maximum atomic E-state index is 11.6. The monoisotopic (exact) mass is 283 g/mol. The molecule has 5 heteroatoms. The molecule has 5 nitrogen and oxygen atoms in total. The highest BCUT2D eigenvalue weighted by Crippen LogP contribution is 2.34. The molecule has 116 valence electrons. The standard InChI is InChI=1S/C15H29N3O2/c1-4-16-15(14(19)20)6-5-13(11-15)18-9-7-17(8-10-18)12(2)3/h12-13,16H,4-11H2,1-3H3,(H,19,20). The van der Waals surface area contributed by atoms with Gasteiger partial charge < -0.3 is 10.4 Å². The van der Waals surface area contributed by atoms with Crippen molar-refractivity contribution >= 4 is 5.97 Å². The Morgan fingerprint density at radius 2 is 2.00 bits per heavy atom. The van der Waals surface area contributed by atoms with Crippen LogP contribution in [0.5, 0.6) is 0 Å². The first kappa shape index (κ1) is 15.7. The molecule has 2 N–H and O–H groups in total. The summed E-state index contributed by atoms with van der Waals surface area (Å²) in [5.41, 5.74) is -0.686. The molecule has 0 spiro atoms. The maximum Gasteiger partial charge on any atom is 0.323 e. The van der Waals surface area contributed by atoms with Crippen LogP contribution in [0.3, 0.4) is 0 Å². The second-order valence-electron chi connectivity index (χ2n) is 6.48. The summed E-state index contributed by atoms with van der Waals surface area (Å²) in [5, 5.41) is 12.8. The molecule has 2 fully saturated rings. The average Bonchev–Trinajstić information content (AvgIpc) is 2.85. The predicted octanol–water partition coefficient (Wildman–Crippen LogP) is 0.998. The molecule has 0 aromatic rings. The Morgan fingerprint density at radius 1 is 1.35 bits per heavy atom. The van der Waals surface area contributed by atoms with E-state index in [0.717, 1.165) is 52.0 Å². The third-order valence-corrected chi connectivity index (χ3v) is 5.01. The lowest BCUT2D eigenvalue weighted by molar-refractivity contribution is -0.144. The normalized spacial score (nSPS) is 32.9. The van der Waals surface area contributed by atoms with Gasteiger partial charge in [0.1, 0.15) is 5.54 Å². The van der Waals surface area contributed by atoms with E-state index >= 15 is 0 Å². The van der Waals surface area contributed by atoms with Gasteiger partial charge in [-0.25, -0.2) is 0 Å². The number of hydrogen-bond donors (Lipinski definition) is 2. The molecular weight excluding hydrogens is 254 g/mol. The number of piperazine rings is 1. The van der Waals surface area contributed by atoms with E-state index < -0.39 is 11.5 Å². The molecule has 1 saturated carbocycles. The van der Waals surface area contributed by atoms with Gasteiger partial charge >= 0.3 is 5.97 Å². The largest absolute Gasteiger partial charge is 0.480 e. The topological polar surface area (TPSA) is 55.8 Å². The zero-order valence-corrected chi connectivity index (χ0v) is 13.1. The smallest absolute Gasteiger partial charge is 0.323 e. The highest BCUT2D eigenvalue weighted by Gasteiger charge is 2.46. The average molecular weight is 283 g/mol. The van der Waals surface area contributed by atoms with Crippen molar-refractivity contribution in [1.82, 2.24) is 15.1 Å². The molecule has 2 rings (SSSR count). The lowest BCUT2D eigenvalue weighted by atomic mass is 9.97. The second kappa shape index (κ2) is 6.41. The van der Waals surface area contributed by atoms with Crippen molar-refractivity contribution < 1.29 is 9.90 Å². The van der Waals surface area contributed by atoms with E-state index in [1.807, 2.05) is 6.92 Å². The van der Waals surface area contributed by atoms with Gasteiger partial charge in [-0.15, -0.1) is 0 Å². The summed E-state index contributed by atoms with van der Waals surface area (Å²) in [4.78, 5) is 16.6. The van der Waals surface area contributed by atoms with Crippen molar-refractivity contribution in [2.75, 3.05) is 32.7 Å². The van der Waals surface area contributed by atoms with Crippen LogP contribution < -0.4 is 5.32 Å². The van der Waals surface area contributed by atoms with Crippen LogP contribution in [0.1, 0.15) is 40.0 Å². The Balaban J connectivity index is 1.91. The van der Waals surface area contributed by atoms with Crippen molar-refractivity contribution in [2.24, 2.45) is 0 Å². The van der Waals surface area contributed by atoms with Gasteiger partial charge in [-0.3, -0.25) is 14.6 Å². The molecule has 2 unspecified atom stereocenters. The van der Waals surface area contributed by atoms with Gasteiger partial charge in [0, 0.05) is 38.3 Å². The lowest BCUT2D eigenvalue weighted by Crippen LogP contribution is -2.54. The van der Waals surface area contributed by atoms with Gasteiger partial charge in [0.05, 0.1) is 0 Å². The van der Waals surface area contributed by atoms with Crippen molar-refractivity contribution in [3.63, 3.8) is 0 Å². The molecule has 1 heterocycles. The Labute approximate surface area is 122 Å². The predicted molar refractivity (Wildman–Crippen MR) is 80.0 cm³/mol.